The van der Waals surface area contributed by atoms with Crippen molar-refractivity contribution in [2.75, 3.05) is 19.7 Å². The van der Waals surface area contributed by atoms with E-state index >= 15 is 0 Å². The molecule has 0 aromatic heterocycles. The molecule has 0 radical (unpaired) electrons. The average molecular weight is 158 g/mol. The molecule has 0 aliphatic carbocycles. The van der Waals surface area contributed by atoms with E-state index in [1.54, 1.807) is 0 Å². The van der Waals surface area contributed by atoms with Gasteiger partial charge in [-0.05, 0) is 12.5 Å². The van der Waals surface area contributed by atoms with E-state index in [9.17, 15) is 4.79 Å². The van der Waals surface area contributed by atoms with E-state index in [-0.39, 0.29) is 5.91 Å². The lowest BCUT2D eigenvalue weighted by atomic mass is 10.2. The number of amides is 1. The Morgan fingerprint density at radius 3 is 3.00 bits per heavy atom. The van der Waals surface area contributed by atoms with Crippen molar-refractivity contribution in [3.8, 4) is 0 Å². The van der Waals surface area contributed by atoms with Gasteiger partial charge in [0.25, 0.3) is 0 Å². The number of carbonyl (C=O) groups excluding carboxylic acids is 1. The second kappa shape index (κ2) is 3.69. The smallest absolute Gasteiger partial charge is 0.248 e. The van der Waals surface area contributed by atoms with E-state index in [1.165, 1.54) is 5.06 Å². The fourth-order valence-corrected chi connectivity index (χ4v) is 0.952. The van der Waals surface area contributed by atoms with Crippen molar-refractivity contribution in [2.45, 2.75) is 13.3 Å². The molecule has 0 aromatic rings. The van der Waals surface area contributed by atoms with Gasteiger partial charge in [-0.1, -0.05) is 6.92 Å². The molecule has 1 aliphatic heterocycles. The van der Waals surface area contributed by atoms with E-state index < -0.39 is 0 Å². The van der Waals surface area contributed by atoms with Crippen molar-refractivity contribution in [3.63, 3.8) is 0 Å². The minimum absolute atomic E-state index is 0.0744. The van der Waals surface area contributed by atoms with Gasteiger partial charge >= 0.3 is 0 Å². The molecule has 1 fully saturated rings. The van der Waals surface area contributed by atoms with Gasteiger partial charge in [0, 0.05) is 0 Å². The van der Waals surface area contributed by atoms with Gasteiger partial charge in [0.15, 0.2) is 0 Å². The number of nitrogens with two attached hydrogens (primary N) is 1. The fraction of sp³-hybridized carbons (Fsp3) is 0.857. The Morgan fingerprint density at radius 1 is 1.82 bits per heavy atom. The zero-order valence-electron chi connectivity index (χ0n) is 6.75. The summed E-state index contributed by atoms with van der Waals surface area (Å²) in [5, 5.41) is 1.41. The molecule has 4 nitrogen and oxygen atoms in total. The Kier molecular flexibility index (Phi) is 2.84. The first kappa shape index (κ1) is 8.49. The van der Waals surface area contributed by atoms with Gasteiger partial charge in [-0.15, -0.1) is 0 Å². The molecule has 1 atom stereocenters. The first-order valence-corrected chi connectivity index (χ1v) is 3.87. The largest absolute Gasteiger partial charge is 0.330 e. The molecule has 0 saturated carbocycles. The first-order valence-electron chi connectivity index (χ1n) is 3.87. The van der Waals surface area contributed by atoms with Crippen LogP contribution in [0.25, 0.3) is 0 Å². The predicted octanol–water partition coefficient (Wildman–Crippen LogP) is -0.255. The van der Waals surface area contributed by atoms with Crippen molar-refractivity contribution in [1.82, 2.24) is 5.06 Å². The highest BCUT2D eigenvalue weighted by Gasteiger charge is 2.22. The van der Waals surface area contributed by atoms with Crippen LogP contribution in [0.3, 0.4) is 0 Å². The molecule has 0 spiro atoms. The number of nitrogens with zero attached hydrogens (tertiary/aromatic N) is 1. The lowest BCUT2D eigenvalue weighted by Crippen LogP contribution is -2.31. The third-order valence-electron chi connectivity index (χ3n) is 1.72. The Bertz CT molecular complexity index is 149. The van der Waals surface area contributed by atoms with Crippen molar-refractivity contribution in [1.29, 1.82) is 0 Å². The van der Waals surface area contributed by atoms with Gasteiger partial charge in [-0.25, -0.2) is 5.06 Å². The monoisotopic (exact) mass is 158 g/mol. The van der Waals surface area contributed by atoms with Crippen LogP contribution in [-0.2, 0) is 9.63 Å². The number of carbonyl (C=O) groups is 1. The van der Waals surface area contributed by atoms with E-state index in [1.807, 2.05) is 6.92 Å². The maximum absolute atomic E-state index is 11.0. The maximum atomic E-state index is 11.0. The second-order valence-electron chi connectivity index (χ2n) is 2.88. The van der Waals surface area contributed by atoms with Crippen molar-refractivity contribution >= 4 is 5.91 Å². The molecule has 64 valence electrons. The lowest BCUT2D eigenvalue weighted by Gasteiger charge is -2.17. The van der Waals surface area contributed by atoms with Crippen LogP contribution in [0.1, 0.15) is 13.3 Å². The summed E-state index contributed by atoms with van der Waals surface area (Å²) in [4.78, 5) is 16.1. The van der Waals surface area contributed by atoms with E-state index in [2.05, 4.69) is 0 Å². The molecule has 1 heterocycles. The molecule has 11 heavy (non-hydrogen) atoms. The van der Waals surface area contributed by atoms with Gasteiger partial charge < -0.3 is 5.73 Å². The molecular weight excluding hydrogens is 144 g/mol. The molecule has 0 bridgehead atoms. The zero-order chi connectivity index (χ0) is 8.27. The third-order valence-corrected chi connectivity index (χ3v) is 1.72. The second-order valence-corrected chi connectivity index (χ2v) is 2.88. The molecule has 1 amide bonds. The third kappa shape index (κ3) is 2.17. The molecule has 4 heteroatoms. The summed E-state index contributed by atoms with van der Waals surface area (Å²) in [5.74, 6) is 0.391. The maximum Gasteiger partial charge on any atom is 0.248 e. The summed E-state index contributed by atoms with van der Waals surface area (Å²) < 4.78 is 0. The number of hydroxylamine groups is 2. The highest BCUT2D eigenvalue weighted by Crippen LogP contribution is 2.08. The average Bonchev–Trinajstić information content (AvgIpc) is 2.37. The van der Waals surface area contributed by atoms with Crippen LogP contribution < -0.4 is 5.73 Å². The normalized spacial score (nSPS) is 20.9. The highest BCUT2D eigenvalue weighted by atomic mass is 16.7. The zero-order valence-corrected chi connectivity index (χ0v) is 6.75. The Labute approximate surface area is 66.3 Å². The van der Waals surface area contributed by atoms with Crippen LogP contribution >= 0.6 is 0 Å². The lowest BCUT2D eigenvalue weighted by molar-refractivity contribution is -0.164. The summed E-state index contributed by atoms with van der Waals surface area (Å²) in [6, 6.07) is 0. The van der Waals surface area contributed by atoms with Crippen LogP contribution in [0.2, 0.25) is 0 Å². The Balaban J connectivity index is 2.30. The summed E-state index contributed by atoms with van der Waals surface area (Å²) in [5.41, 5.74) is 5.40. The van der Waals surface area contributed by atoms with E-state index in [0.29, 0.717) is 32.0 Å². The standard InChI is InChI=1S/C7H14N2O2/c1-6(4-8)5-9-7(10)2-3-11-9/h6H,2-5,8H2,1H3. The topological polar surface area (TPSA) is 55.6 Å². The number of rotatable bonds is 3. The van der Waals surface area contributed by atoms with Gasteiger partial charge in [0.1, 0.15) is 0 Å². The highest BCUT2D eigenvalue weighted by molar-refractivity contribution is 5.76. The van der Waals surface area contributed by atoms with Gasteiger partial charge in [0.2, 0.25) is 5.91 Å². The van der Waals surface area contributed by atoms with Gasteiger partial charge in [-0.3, -0.25) is 9.63 Å². The molecule has 0 aromatic carbocycles. The van der Waals surface area contributed by atoms with E-state index in [0.717, 1.165) is 0 Å². The van der Waals surface area contributed by atoms with Crippen LogP contribution in [0.15, 0.2) is 0 Å². The summed E-state index contributed by atoms with van der Waals surface area (Å²) in [7, 11) is 0. The van der Waals surface area contributed by atoms with Crippen molar-refractivity contribution in [3.05, 3.63) is 0 Å². The number of hydrogen-bond donors (Lipinski definition) is 1. The van der Waals surface area contributed by atoms with Crippen LogP contribution in [0, 0.1) is 5.92 Å². The molecule has 1 unspecified atom stereocenters. The fourth-order valence-electron chi connectivity index (χ4n) is 0.952. The Hall–Kier alpha value is -0.610. The van der Waals surface area contributed by atoms with Gasteiger partial charge in [0.05, 0.1) is 19.6 Å². The SMILES string of the molecule is CC(CN)CN1OCCC1=O. The molecule has 1 saturated heterocycles. The number of hydrogen-bond acceptors (Lipinski definition) is 3. The molecule has 2 N–H and O–H groups in total. The molecule has 1 rings (SSSR count). The predicted molar refractivity (Wildman–Crippen MR) is 40.5 cm³/mol. The van der Waals surface area contributed by atoms with Crippen molar-refractivity contribution in [2.24, 2.45) is 11.7 Å². The van der Waals surface area contributed by atoms with Gasteiger partial charge in [-0.2, -0.15) is 0 Å². The van der Waals surface area contributed by atoms with E-state index in [4.69, 9.17) is 10.6 Å². The Morgan fingerprint density at radius 2 is 2.55 bits per heavy atom. The molecular formula is C7H14N2O2. The van der Waals surface area contributed by atoms with Crippen LogP contribution in [0.5, 0.6) is 0 Å². The summed E-state index contributed by atoms with van der Waals surface area (Å²) >= 11 is 0. The molecule has 1 aliphatic rings. The first-order chi connectivity index (χ1) is 5.24. The summed E-state index contributed by atoms with van der Waals surface area (Å²) in [6.07, 6.45) is 0.511. The minimum atomic E-state index is 0.0744. The quantitative estimate of drug-likeness (QED) is 0.616. The van der Waals surface area contributed by atoms with Crippen LogP contribution in [0.4, 0.5) is 0 Å². The minimum Gasteiger partial charge on any atom is -0.330 e. The van der Waals surface area contributed by atoms with Crippen LogP contribution in [-0.4, -0.2) is 30.7 Å². The summed E-state index contributed by atoms with van der Waals surface area (Å²) in [6.45, 7) is 3.73. The van der Waals surface area contributed by atoms with Crippen molar-refractivity contribution < 1.29 is 9.63 Å².